The van der Waals surface area contributed by atoms with E-state index in [1.54, 1.807) is 25.6 Å². The summed E-state index contributed by atoms with van der Waals surface area (Å²) < 4.78 is 10.1. The largest absolute Gasteiger partial charge is 0.383 e. The van der Waals surface area contributed by atoms with Crippen molar-refractivity contribution in [2.24, 2.45) is 5.73 Å². The molecule has 1 heterocycles. The second-order valence-corrected chi connectivity index (χ2v) is 3.94. The molecule has 14 heavy (non-hydrogen) atoms. The van der Waals surface area contributed by atoms with Gasteiger partial charge in [-0.1, -0.05) is 0 Å². The van der Waals surface area contributed by atoms with Crippen LogP contribution in [-0.4, -0.2) is 25.8 Å². The van der Waals surface area contributed by atoms with Gasteiger partial charge in [-0.2, -0.15) is 0 Å². The normalized spacial score (nSPS) is 15.4. The first-order valence-electron chi connectivity index (χ1n) is 4.41. The summed E-state index contributed by atoms with van der Waals surface area (Å²) in [5.41, 5.74) is 6.71. The summed E-state index contributed by atoms with van der Waals surface area (Å²) in [6.07, 6.45) is 0.0310. The van der Waals surface area contributed by atoms with Gasteiger partial charge < -0.3 is 15.2 Å². The van der Waals surface area contributed by atoms with Gasteiger partial charge in [0.25, 0.3) is 0 Å². The number of hydrogen-bond acceptors (Lipinski definition) is 5. The Bertz CT molecular complexity index is 278. The highest BCUT2D eigenvalue weighted by atomic mass is 32.1. The van der Waals surface area contributed by atoms with Gasteiger partial charge in [-0.05, 0) is 6.92 Å². The molecule has 4 nitrogen and oxygen atoms in total. The summed E-state index contributed by atoms with van der Waals surface area (Å²) in [7, 11) is 3.30. The van der Waals surface area contributed by atoms with E-state index in [1.165, 1.54) is 0 Å². The minimum Gasteiger partial charge on any atom is -0.383 e. The first-order chi connectivity index (χ1) is 6.69. The number of thiazole rings is 1. The van der Waals surface area contributed by atoms with E-state index >= 15 is 0 Å². The summed E-state index contributed by atoms with van der Waals surface area (Å²) in [5, 5.41) is 2.91. The molecule has 0 spiro atoms. The van der Waals surface area contributed by atoms with Crippen LogP contribution in [0.5, 0.6) is 0 Å². The number of ether oxygens (including phenoxy) is 2. The molecular weight excluding hydrogens is 200 g/mol. The molecule has 1 aromatic heterocycles. The van der Waals surface area contributed by atoms with Crippen molar-refractivity contribution in [1.29, 1.82) is 0 Å². The molecule has 0 saturated heterocycles. The Labute approximate surface area is 88.0 Å². The van der Waals surface area contributed by atoms with Gasteiger partial charge in [0.05, 0.1) is 18.3 Å². The van der Waals surface area contributed by atoms with Crippen LogP contribution in [0.4, 0.5) is 0 Å². The molecule has 2 atom stereocenters. The van der Waals surface area contributed by atoms with Gasteiger partial charge in [-0.25, -0.2) is 4.98 Å². The molecular formula is C9H16N2O2S. The van der Waals surface area contributed by atoms with Crippen molar-refractivity contribution < 1.29 is 9.47 Å². The lowest BCUT2D eigenvalue weighted by Crippen LogP contribution is -2.16. The standard InChI is InChI=1S/C9H16N2O2S/c1-6(13-3)9-11-8(5-14-9)7(10)4-12-2/h5-7H,4,10H2,1-3H3. The highest BCUT2D eigenvalue weighted by Crippen LogP contribution is 2.22. The lowest BCUT2D eigenvalue weighted by molar-refractivity contribution is 0.119. The molecule has 1 aromatic rings. The van der Waals surface area contributed by atoms with Crippen molar-refractivity contribution in [2.75, 3.05) is 20.8 Å². The first kappa shape index (κ1) is 11.6. The molecule has 0 aliphatic heterocycles. The molecule has 5 heteroatoms. The van der Waals surface area contributed by atoms with Gasteiger partial charge >= 0.3 is 0 Å². The lowest BCUT2D eigenvalue weighted by atomic mass is 10.2. The molecule has 0 aliphatic rings. The summed E-state index contributed by atoms with van der Waals surface area (Å²) in [5.74, 6) is 0. The fourth-order valence-electron chi connectivity index (χ4n) is 1.02. The first-order valence-corrected chi connectivity index (χ1v) is 5.29. The van der Waals surface area contributed by atoms with Crippen molar-refractivity contribution in [2.45, 2.75) is 19.1 Å². The van der Waals surface area contributed by atoms with Crippen LogP contribution in [0, 0.1) is 0 Å². The van der Waals surface area contributed by atoms with Crippen molar-refractivity contribution in [1.82, 2.24) is 4.98 Å². The molecule has 0 amide bonds. The summed E-state index contributed by atoms with van der Waals surface area (Å²) in [6.45, 7) is 2.45. The molecule has 0 radical (unpaired) electrons. The van der Waals surface area contributed by atoms with Gasteiger partial charge in [0, 0.05) is 19.6 Å². The van der Waals surface area contributed by atoms with Crippen LogP contribution in [0.1, 0.15) is 29.8 Å². The zero-order chi connectivity index (χ0) is 10.6. The van der Waals surface area contributed by atoms with Crippen LogP contribution in [0.2, 0.25) is 0 Å². The van der Waals surface area contributed by atoms with E-state index in [4.69, 9.17) is 15.2 Å². The van der Waals surface area contributed by atoms with E-state index in [2.05, 4.69) is 4.98 Å². The Kier molecular flexibility index (Phi) is 4.47. The molecule has 2 unspecified atom stereocenters. The Hall–Kier alpha value is -0.490. The number of hydrogen-bond donors (Lipinski definition) is 1. The quantitative estimate of drug-likeness (QED) is 0.810. The maximum atomic E-state index is 5.84. The molecule has 1 rings (SSSR count). The third-order valence-corrected chi connectivity index (χ3v) is 2.99. The van der Waals surface area contributed by atoms with E-state index in [-0.39, 0.29) is 12.1 Å². The van der Waals surface area contributed by atoms with E-state index in [0.717, 1.165) is 10.7 Å². The summed E-state index contributed by atoms with van der Waals surface area (Å²) >= 11 is 1.56. The third-order valence-electron chi connectivity index (χ3n) is 1.97. The Balaban J connectivity index is 2.67. The third kappa shape index (κ3) is 2.75. The number of methoxy groups -OCH3 is 2. The number of rotatable bonds is 5. The Morgan fingerprint density at radius 3 is 2.86 bits per heavy atom. The highest BCUT2D eigenvalue weighted by Gasteiger charge is 2.13. The molecule has 0 fully saturated rings. The minimum absolute atomic E-state index is 0.0310. The average molecular weight is 216 g/mol. The van der Waals surface area contributed by atoms with Crippen LogP contribution in [-0.2, 0) is 9.47 Å². The van der Waals surface area contributed by atoms with Gasteiger partial charge in [-0.15, -0.1) is 11.3 Å². The van der Waals surface area contributed by atoms with Crippen LogP contribution in [0.25, 0.3) is 0 Å². The average Bonchev–Trinajstić information content (AvgIpc) is 2.66. The fraction of sp³-hybridized carbons (Fsp3) is 0.667. The van der Waals surface area contributed by atoms with Crippen molar-refractivity contribution in [3.05, 3.63) is 16.1 Å². The van der Waals surface area contributed by atoms with Gasteiger partial charge in [0.1, 0.15) is 11.1 Å². The Morgan fingerprint density at radius 1 is 1.57 bits per heavy atom. The zero-order valence-corrected chi connectivity index (χ0v) is 9.50. The predicted octanol–water partition coefficient (Wildman–Crippen LogP) is 1.50. The molecule has 0 saturated carbocycles. The van der Waals surface area contributed by atoms with Crippen molar-refractivity contribution >= 4 is 11.3 Å². The second-order valence-electron chi connectivity index (χ2n) is 3.05. The molecule has 2 N–H and O–H groups in total. The maximum Gasteiger partial charge on any atom is 0.122 e. The fourth-order valence-corrected chi connectivity index (χ4v) is 1.94. The Morgan fingerprint density at radius 2 is 2.29 bits per heavy atom. The topological polar surface area (TPSA) is 57.4 Å². The van der Waals surface area contributed by atoms with Crippen LogP contribution in [0.15, 0.2) is 5.38 Å². The SMILES string of the molecule is COCC(N)c1csc(C(C)OC)n1. The van der Waals surface area contributed by atoms with Gasteiger partial charge in [0.2, 0.25) is 0 Å². The minimum atomic E-state index is -0.144. The van der Waals surface area contributed by atoms with E-state index in [0.29, 0.717) is 6.61 Å². The van der Waals surface area contributed by atoms with Crippen LogP contribution in [0.3, 0.4) is 0 Å². The lowest BCUT2D eigenvalue weighted by Gasteiger charge is -2.07. The van der Waals surface area contributed by atoms with Gasteiger partial charge in [-0.3, -0.25) is 0 Å². The number of nitrogens with two attached hydrogens (primary N) is 1. The second kappa shape index (κ2) is 5.41. The van der Waals surface area contributed by atoms with E-state index < -0.39 is 0 Å². The molecule has 0 aromatic carbocycles. The smallest absolute Gasteiger partial charge is 0.122 e. The maximum absolute atomic E-state index is 5.84. The highest BCUT2D eigenvalue weighted by molar-refractivity contribution is 7.09. The number of aromatic nitrogens is 1. The molecule has 0 aliphatic carbocycles. The predicted molar refractivity (Wildman–Crippen MR) is 56.3 cm³/mol. The van der Waals surface area contributed by atoms with E-state index in [1.807, 2.05) is 12.3 Å². The monoisotopic (exact) mass is 216 g/mol. The number of nitrogens with zero attached hydrogens (tertiary/aromatic N) is 1. The van der Waals surface area contributed by atoms with Crippen LogP contribution < -0.4 is 5.73 Å². The summed E-state index contributed by atoms with van der Waals surface area (Å²) in [4.78, 5) is 4.39. The van der Waals surface area contributed by atoms with E-state index in [9.17, 15) is 0 Å². The van der Waals surface area contributed by atoms with Crippen LogP contribution >= 0.6 is 11.3 Å². The zero-order valence-electron chi connectivity index (χ0n) is 8.69. The van der Waals surface area contributed by atoms with Gasteiger partial charge in [0.15, 0.2) is 0 Å². The van der Waals surface area contributed by atoms with Crippen molar-refractivity contribution in [3.8, 4) is 0 Å². The summed E-state index contributed by atoms with van der Waals surface area (Å²) in [6, 6.07) is -0.144. The molecule has 80 valence electrons. The van der Waals surface area contributed by atoms with Crippen molar-refractivity contribution in [3.63, 3.8) is 0 Å². The molecule has 0 bridgehead atoms.